The fourth-order valence-electron chi connectivity index (χ4n) is 3.07. The molecule has 0 saturated heterocycles. The maximum atomic E-state index is 11.9. The first-order valence-corrected chi connectivity index (χ1v) is 9.73. The Morgan fingerprint density at radius 2 is 1.86 bits per heavy atom. The van der Waals surface area contributed by atoms with Gasteiger partial charge in [0.1, 0.15) is 0 Å². The Morgan fingerprint density at radius 3 is 2.59 bits per heavy atom. The Labute approximate surface area is 171 Å². The standard InChI is InChI=1S/C22H28N6O/c1-23-22(25-15-17-9-11-18(12-10-17)21(29)27(2)3)24-13-6-14-28-16-26-19-7-4-5-8-20(19)28/h4-5,7-12,16H,6,13-15H2,1-3H3,(H2,23,24,25). The number of carbonyl (C=O) groups is 1. The van der Waals surface area contributed by atoms with Gasteiger partial charge in [0.15, 0.2) is 5.96 Å². The first kappa shape index (κ1) is 20.4. The van der Waals surface area contributed by atoms with Crippen molar-refractivity contribution in [2.24, 2.45) is 4.99 Å². The summed E-state index contributed by atoms with van der Waals surface area (Å²) in [4.78, 5) is 22.2. The zero-order valence-electron chi connectivity index (χ0n) is 17.2. The third-order valence-corrected chi connectivity index (χ3v) is 4.69. The highest BCUT2D eigenvalue weighted by molar-refractivity contribution is 5.93. The molecule has 0 unspecified atom stereocenters. The summed E-state index contributed by atoms with van der Waals surface area (Å²) in [5.41, 5.74) is 3.96. The molecule has 2 N–H and O–H groups in total. The van der Waals surface area contributed by atoms with E-state index in [4.69, 9.17) is 0 Å². The molecule has 1 aromatic heterocycles. The smallest absolute Gasteiger partial charge is 0.253 e. The van der Waals surface area contributed by atoms with E-state index in [-0.39, 0.29) is 5.91 Å². The van der Waals surface area contributed by atoms with Crippen LogP contribution in [0.25, 0.3) is 11.0 Å². The van der Waals surface area contributed by atoms with Crippen molar-refractivity contribution in [2.45, 2.75) is 19.5 Å². The Bertz CT molecular complexity index is 974. The number of aromatic nitrogens is 2. The molecule has 1 heterocycles. The van der Waals surface area contributed by atoms with E-state index in [0.29, 0.717) is 12.1 Å². The zero-order valence-corrected chi connectivity index (χ0v) is 17.2. The van der Waals surface area contributed by atoms with Gasteiger partial charge in [-0.05, 0) is 36.2 Å². The van der Waals surface area contributed by atoms with Crippen LogP contribution in [0.4, 0.5) is 0 Å². The molecule has 1 amide bonds. The van der Waals surface area contributed by atoms with Crippen molar-refractivity contribution in [1.29, 1.82) is 0 Å². The van der Waals surface area contributed by atoms with Crippen molar-refractivity contribution in [3.05, 3.63) is 66.0 Å². The summed E-state index contributed by atoms with van der Waals surface area (Å²) >= 11 is 0. The summed E-state index contributed by atoms with van der Waals surface area (Å²) in [6.45, 7) is 2.34. The molecule has 0 bridgehead atoms. The van der Waals surface area contributed by atoms with Crippen LogP contribution in [-0.4, -0.2) is 54.0 Å². The van der Waals surface area contributed by atoms with E-state index < -0.39 is 0 Å². The van der Waals surface area contributed by atoms with Gasteiger partial charge in [0, 0.05) is 46.3 Å². The highest BCUT2D eigenvalue weighted by atomic mass is 16.2. The number of aryl methyl sites for hydroxylation is 1. The molecule has 0 spiro atoms. The third-order valence-electron chi connectivity index (χ3n) is 4.69. The lowest BCUT2D eigenvalue weighted by molar-refractivity contribution is 0.0827. The van der Waals surface area contributed by atoms with Crippen LogP contribution < -0.4 is 10.6 Å². The second kappa shape index (κ2) is 9.73. The van der Waals surface area contributed by atoms with Crippen LogP contribution in [0.3, 0.4) is 0 Å². The van der Waals surface area contributed by atoms with Gasteiger partial charge < -0.3 is 20.1 Å². The van der Waals surface area contributed by atoms with Crippen LogP contribution >= 0.6 is 0 Å². The number of fused-ring (bicyclic) bond motifs is 1. The van der Waals surface area contributed by atoms with Gasteiger partial charge in [-0.15, -0.1) is 0 Å². The molecule has 0 atom stereocenters. The average molecular weight is 393 g/mol. The number of nitrogens with zero attached hydrogens (tertiary/aromatic N) is 4. The fourth-order valence-corrected chi connectivity index (χ4v) is 3.07. The quantitative estimate of drug-likeness (QED) is 0.368. The number of guanidine groups is 1. The molecule has 3 aromatic rings. The third kappa shape index (κ3) is 5.34. The van der Waals surface area contributed by atoms with Crippen molar-refractivity contribution in [1.82, 2.24) is 25.1 Å². The molecule has 0 saturated carbocycles. The minimum Gasteiger partial charge on any atom is -0.356 e. The number of nitrogens with one attached hydrogen (secondary N) is 2. The van der Waals surface area contributed by atoms with Gasteiger partial charge in [-0.3, -0.25) is 9.79 Å². The molecule has 0 aliphatic rings. The maximum absolute atomic E-state index is 11.9. The van der Waals surface area contributed by atoms with Gasteiger partial charge >= 0.3 is 0 Å². The number of hydrogen-bond acceptors (Lipinski definition) is 3. The average Bonchev–Trinajstić information content (AvgIpc) is 3.16. The van der Waals surface area contributed by atoms with Gasteiger partial charge in [0.05, 0.1) is 17.4 Å². The van der Waals surface area contributed by atoms with Gasteiger partial charge in [-0.1, -0.05) is 24.3 Å². The van der Waals surface area contributed by atoms with E-state index in [9.17, 15) is 4.79 Å². The highest BCUT2D eigenvalue weighted by Gasteiger charge is 2.07. The predicted molar refractivity (Wildman–Crippen MR) is 117 cm³/mol. The Morgan fingerprint density at radius 1 is 1.10 bits per heavy atom. The first-order valence-electron chi connectivity index (χ1n) is 9.73. The van der Waals surface area contributed by atoms with Gasteiger partial charge in [0.2, 0.25) is 0 Å². The number of amides is 1. The molecule has 7 heteroatoms. The molecule has 0 fully saturated rings. The largest absolute Gasteiger partial charge is 0.356 e. The normalized spacial score (nSPS) is 11.5. The van der Waals surface area contributed by atoms with E-state index >= 15 is 0 Å². The number of para-hydroxylation sites is 2. The van der Waals surface area contributed by atoms with Crippen LogP contribution in [0.2, 0.25) is 0 Å². The number of benzene rings is 2. The second-order valence-electron chi connectivity index (χ2n) is 7.03. The van der Waals surface area contributed by atoms with Gasteiger partial charge in [0.25, 0.3) is 5.91 Å². The minimum atomic E-state index is 0.00709. The lowest BCUT2D eigenvalue weighted by Crippen LogP contribution is -2.37. The van der Waals surface area contributed by atoms with Crippen LogP contribution in [0, 0.1) is 0 Å². The van der Waals surface area contributed by atoms with Crippen molar-refractivity contribution in [3.63, 3.8) is 0 Å². The number of hydrogen-bond donors (Lipinski definition) is 2. The lowest BCUT2D eigenvalue weighted by Gasteiger charge is -2.13. The topological polar surface area (TPSA) is 74.5 Å². The highest BCUT2D eigenvalue weighted by Crippen LogP contribution is 2.11. The Balaban J connectivity index is 1.43. The summed E-state index contributed by atoms with van der Waals surface area (Å²) in [5.74, 6) is 0.765. The molecule has 0 radical (unpaired) electrons. The number of rotatable bonds is 7. The molecule has 0 aliphatic heterocycles. The first-order chi connectivity index (χ1) is 14.1. The summed E-state index contributed by atoms with van der Waals surface area (Å²) in [6.07, 6.45) is 2.85. The molecular weight excluding hydrogens is 364 g/mol. The van der Waals surface area contributed by atoms with Crippen LogP contribution in [-0.2, 0) is 13.1 Å². The van der Waals surface area contributed by atoms with Crippen molar-refractivity contribution >= 4 is 22.9 Å². The molecule has 2 aromatic carbocycles. The van der Waals surface area contributed by atoms with Crippen molar-refractivity contribution < 1.29 is 4.79 Å². The van der Waals surface area contributed by atoms with E-state index in [2.05, 4.69) is 31.2 Å². The van der Waals surface area contributed by atoms with E-state index in [1.165, 1.54) is 0 Å². The Kier molecular flexibility index (Phi) is 6.84. The molecule has 0 aliphatic carbocycles. The second-order valence-corrected chi connectivity index (χ2v) is 7.03. The number of carbonyl (C=O) groups excluding carboxylic acids is 1. The van der Waals surface area contributed by atoms with Crippen molar-refractivity contribution in [3.8, 4) is 0 Å². The molecule has 3 rings (SSSR count). The predicted octanol–water partition coefficient (Wildman–Crippen LogP) is 2.49. The van der Waals surface area contributed by atoms with Crippen LogP contribution in [0.15, 0.2) is 59.9 Å². The summed E-state index contributed by atoms with van der Waals surface area (Å²) in [5, 5.41) is 6.64. The summed E-state index contributed by atoms with van der Waals surface area (Å²) < 4.78 is 2.17. The Hall–Kier alpha value is -3.35. The molecule has 152 valence electrons. The maximum Gasteiger partial charge on any atom is 0.253 e. The van der Waals surface area contributed by atoms with Gasteiger partial charge in [-0.2, -0.15) is 0 Å². The monoisotopic (exact) mass is 392 g/mol. The molecule has 29 heavy (non-hydrogen) atoms. The van der Waals surface area contributed by atoms with Crippen molar-refractivity contribution in [2.75, 3.05) is 27.7 Å². The number of imidazole rings is 1. The molecular formula is C22H28N6O. The molecule has 7 nitrogen and oxygen atoms in total. The fraction of sp³-hybridized carbons (Fsp3) is 0.318. The zero-order chi connectivity index (χ0) is 20.6. The lowest BCUT2D eigenvalue weighted by atomic mass is 10.1. The van der Waals surface area contributed by atoms with Crippen LogP contribution in [0.5, 0.6) is 0 Å². The van der Waals surface area contributed by atoms with E-state index in [1.807, 2.05) is 48.8 Å². The summed E-state index contributed by atoms with van der Waals surface area (Å²) in [6, 6.07) is 15.8. The SMILES string of the molecule is CN=C(NCCCn1cnc2ccccc21)NCc1ccc(C(=O)N(C)C)cc1. The van der Waals surface area contributed by atoms with Crippen LogP contribution in [0.1, 0.15) is 22.3 Å². The van der Waals surface area contributed by atoms with E-state index in [1.54, 1.807) is 26.0 Å². The van der Waals surface area contributed by atoms with E-state index in [0.717, 1.165) is 42.1 Å². The summed E-state index contributed by atoms with van der Waals surface area (Å²) in [7, 11) is 5.27. The number of aliphatic imine (C=N–C) groups is 1. The minimum absolute atomic E-state index is 0.00709. The van der Waals surface area contributed by atoms with Gasteiger partial charge in [-0.25, -0.2) is 4.98 Å².